The summed E-state index contributed by atoms with van der Waals surface area (Å²) in [6, 6.07) is 17.9. The summed E-state index contributed by atoms with van der Waals surface area (Å²) in [5.41, 5.74) is 2.23. The van der Waals surface area contributed by atoms with Gasteiger partial charge in [-0.3, -0.25) is 9.69 Å². The van der Waals surface area contributed by atoms with Crippen molar-refractivity contribution in [2.75, 3.05) is 26.7 Å². The van der Waals surface area contributed by atoms with E-state index in [9.17, 15) is 4.79 Å². The smallest absolute Gasteiger partial charge is 0.234 e. The van der Waals surface area contributed by atoms with Crippen molar-refractivity contribution in [3.8, 4) is 5.75 Å². The first-order valence-corrected chi connectivity index (χ1v) is 8.27. The lowest BCUT2D eigenvalue weighted by Gasteiger charge is -2.19. The van der Waals surface area contributed by atoms with E-state index in [1.165, 1.54) is 0 Å². The zero-order valence-electron chi connectivity index (χ0n) is 14.7. The van der Waals surface area contributed by atoms with Gasteiger partial charge in [-0.25, -0.2) is 0 Å². The number of para-hydroxylation sites is 1. The average molecular weight is 326 g/mol. The molecule has 0 saturated carbocycles. The van der Waals surface area contributed by atoms with Gasteiger partial charge in [0.1, 0.15) is 12.4 Å². The van der Waals surface area contributed by atoms with Gasteiger partial charge in [0.25, 0.3) is 0 Å². The molecule has 4 nitrogen and oxygen atoms in total. The van der Waals surface area contributed by atoms with Crippen molar-refractivity contribution >= 4 is 5.91 Å². The molecule has 0 aromatic heterocycles. The normalized spacial score (nSPS) is 12.0. The van der Waals surface area contributed by atoms with Crippen LogP contribution in [0.4, 0.5) is 0 Å². The summed E-state index contributed by atoms with van der Waals surface area (Å²) in [7, 11) is 1.92. The van der Waals surface area contributed by atoms with Crippen LogP contribution in [0.2, 0.25) is 0 Å². The van der Waals surface area contributed by atoms with Gasteiger partial charge in [0, 0.05) is 6.54 Å². The largest absolute Gasteiger partial charge is 0.492 e. The van der Waals surface area contributed by atoms with Crippen LogP contribution >= 0.6 is 0 Å². The van der Waals surface area contributed by atoms with Crippen LogP contribution in [0.3, 0.4) is 0 Å². The van der Waals surface area contributed by atoms with Gasteiger partial charge in [0.05, 0.1) is 12.6 Å². The van der Waals surface area contributed by atoms with Crippen LogP contribution in [0.25, 0.3) is 0 Å². The molecule has 1 atom stereocenters. The summed E-state index contributed by atoms with van der Waals surface area (Å²) in [5.74, 6) is 0.915. The number of ether oxygens (including phenoxy) is 1. The molecule has 0 spiro atoms. The molecule has 0 saturated heterocycles. The lowest BCUT2D eigenvalue weighted by molar-refractivity contribution is -0.122. The van der Waals surface area contributed by atoms with Crippen LogP contribution in [0, 0.1) is 6.92 Å². The van der Waals surface area contributed by atoms with Gasteiger partial charge in [0.2, 0.25) is 5.91 Å². The van der Waals surface area contributed by atoms with Gasteiger partial charge >= 0.3 is 0 Å². The minimum Gasteiger partial charge on any atom is -0.492 e. The van der Waals surface area contributed by atoms with E-state index in [1.807, 2.05) is 80.4 Å². The van der Waals surface area contributed by atoms with E-state index in [4.69, 9.17) is 4.74 Å². The van der Waals surface area contributed by atoms with E-state index in [1.54, 1.807) is 0 Å². The fourth-order valence-electron chi connectivity index (χ4n) is 2.47. The molecule has 0 aliphatic carbocycles. The van der Waals surface area contributed by atoms with Crippen LogP contribution < -0.4 is 10.1 Å². The minimum atomic E-state index is 0.00955. The van der Waals surface area contributed by atoms with Crippen molar-refractivity contribution in [1.82, 2.24) is 10.2 Å². The molecule has 2 rings (SSSR count). The predicted octanol–water partition coefficient (Wildman–Crippen LogP) is 3.18. The molecule has 0 aliphatic rings. The van der Waals surface area contributed by atoms with Crippen LogP contribution in [0.1, 0.15) is 24.1 Å². The number of nitrogens with zero attached hydrogens (tertiary/aromatic N) is 1. The average Bonchev–Trinajstić information content (AvgIpc) is 2.57. The topological polar surface area (TPSA) is 41.6 Å². The zero-order valence-corrected chi connectivity index (χ0v) is 14.7. The van der Waals surface area contributed by atoms with Crippen molar-refractivity contribution in [1.29, 1.82) is 0 Å². The Balaban J connectivity index is 1.71. The maximum absolute atomic E-state index is 12.1. The quantitative estimate of drug-likeness (QED) is 0.810. The number of amides is 1. The zero-order chi connectivity index (χ0) is 17.4. The van der Waals surface area contributed by atoms with Crippen LogP contribution in [-0.2, 0) is 4.79 Å². The number of carbonyl (C=O) groups is 1. The Morgan fingerprint density at radius 3 is 2.50 bits per heavy atom. The van der Waals surface area contributed by atoms with Crippen LogP contribution in [-0.4, -0.2) is 37.6 Å². The summed E-state index contributed by atoms with van der Waals surface area (Å²) in [5, 5.41) is 3.02. The SMILES string of the molecule is Cc1ccccc1OCCN(C)CC(=O)NC(C)c1ccccc1. The molecule has 1 N–H and O–H groups in total. The van der Waals surface area contributed by atoms with Gasteiger partial charge < -0.3 is 10.1 Å². The van der Waals surface area contributed by atoms with E-state index in [2.05, 4.69) is 5.32 Å². The number of likely N-dealkylation sites (N-methyl/N-ethyl adjacent to an activating group) is 1. The molecule has 0 bridgehead atoms. The molecule has 0 fully saturated rings. The number of nitrogens with one attached hydrogen (secondary N) is 1. The highest BCUT2D eigenvalue weighted by molar-refractivity contribution is 5.78. The molecular formula is C20H26N2O2. The third kappa shape index (κ3) is 5.70. The number of hydrogen-bond donors (Lipinski definition) is 1. The first-order valence-electron chi connectivity index (χ1n) is 8.27. The molecule has 2 aromatic rings. The number of carbonyl (C=O) groups excluding carboxylic acids is 1. The standard InChI is InChI=1S/C20H26N2O2/c1-16-9-7-8-12-19(16)24-14-13-22(3)15-20(23)21-17(2)18-10-5-4-6-11-18/h4-12,17H,13-15H2,1-3H3,(H,21,23). The van der Waals surface area contributed by atoms with Gasteiger partial charge in [0.15, 0.2) is 0 Å². The fourth-order valence-corrected chi connectivity index (χ4v) is 2.47. The predicted molar refractivity (Wildman–Crippen MR) is 97.2 cm³/mol. The summed E-state index contributed by atoms with van der Waals surface area (Å²) in [6.07, 6.45) is 0. The molecule has 2 aromatic carbocycles. The van der Waals surface area contributed by atoms with Gasteiger partial charge in [-0.05, 0) is 38.1 Å². The van der Waals surface area contributed by atoms with Crippen LogP contribution in [0.15, 0.2) is 54.6 Å². The molecule has 4 heteroatoms. The van der Waals surface area contributed by atoms with E-state index in [0.29, 0.717) is 19.7 Å². The van der Waals surface area contributed by atoms with E-state index in [0.717, 1.165) is 16.9 Å². The third-order valence-electron chi connectivity index (χ3n) is 3.91. The Morgan fingerprint density at radius 2 is 1.79 bits per heavy atom. The molecule has 0 heterocycles. The molecule has 1 unspecified atom stereocenters. The number of hydrogen-bond acceptors (Lipinski definition) is 3. The molecule has 24 heavy (non-hydrogen) atoms. The lowest BCUT2D eigenvalue weighted by Crippen LogP contribution is -2.38. The van der Waals surface area contributed by atoms with E-state index >= 15 is 0 Å². The highest BCUT2D eigenvalue weighted by atomic mass is 16.5. The summed E-state index contributed by atoms with van der Waals surface area (Å²) < 4.78 is 5.77. The lowest BCUT2D eigenvalue weighted by atomic mass is 10.1. The van der Waals surface area contributed by atoms with Crippen molar-refractivity contribution in [2.45, 2.75) is 19.9 Å². The summed E-state index contributed by atoms with van der Waals surface area (Å²) in [4.78, 5) is 14.1. The van der Waals surface area contributed by atoms with Crippen molar-refractivity contribution in [3.63, 3.8) is 0 Å². The molecule has 0 aliphatic heterocycles. The highest BCUT2D eigenvalue weighted by Gasteiger charge is 2.11. The van der Waals surface area contributed by atoms with Gasteiger partial charge in [-0.15, -0.1) is 0 Å². The molecule has 128 valence electrons. The Kier molecular flexibility index (Phi) is 6.82. The summed E-state index contributed by atoms with van der Waals surface area (Å²) in [6.45, 7) is 5.63. The van der Waals surface area contributed by atoms with Gasteiger partial charge in [-0.2, -0.15) is 0 Å². The Morgan fingerprint density at radius 1 is 1.12 bits per heavy atom. The second-order valence-corrected chi connectivity index (χ2v) is 6.05. The number of benzene rings is 2. The number of aryl methyl sites for hydroxylation is 1. The molecule has 0 radical (unpaired) electrons. The maximum Gasteiger partial charge on any atom is 0.234 e. The summed E-state index contributed by atoms with van der Waals surface area (Å²) >= 11 is 0. The van der Waals surface area contributed by atoms with Gasteiger partial charge in [-0.1, -0.05) is 48.5 Å². The third-order valence-corrected chi connectivity index (χ3v) is 3.91. The van der Waals surface area contributed by atoms with Crippen LogP contribution in [0.5, 0.6) is 5.75 Å². The highest BCUT2D eigenvalue weighted by Crippen LogP contribution is 2.15. The molecule has 1 amide bonds. The first-order chi connectivity index (χ1) is 11.6. The maximum atomic E-state index is 12.1. The minimum absolute atomic E-state index is 0.00955. The Bertz CT molecular complexity index is 643. The Labute approximate surface area is 144 Å². The van der Waals surface area contributed by atoms with E-state index < -0.39 is 0 Å². The molecular weight excluding hydrogens is 300 g/mol. The van der Waals surface area contributed by atoms with Crippen molar-refractivity contribution < 1.29 is 9.53 Å². The fraction of sp³-hybridized carbons (Fsp3) is 0.350. The monoisotopic (exact) mass is 326 g/mol. The second kappa shape index (κ2) is 9.08. The van der Waals surface area contributed by atoms with Crippen molar-refractivity contribution in [2.24, 2.45) is 0 Å². The van der Waals surface area contributed by atoms with Crippen molar-refractivity contribution in [3.05, 3.63) is 65.7 Å². The number of rotatable bonds is 8. The first kappa shape index (κ1) is 18.0. The second-order valence-electron chi connectivity index (χ2n) is 6.05. The van der Waals surface area contributed by atoms with E-state index in [-0.39, 0.29) is 11.9 Å². The Hall–Kier alpha value is -2.33.